The molecule has 2 aromatic rings. The predicted molar refractivity (Wildman–Crippen MR) is 68.4 cm³/mol. The minimum atomic E-state index is -0.466. The van der Waals surface area contributed by atoms with E-state index in [0.717, 1.165) is 5.56 Å². The van der Waals surface area contributed by atoms with Crippen molar-refractivity contribution in [1.82, 2.24) is 5.16 Å². The molecule has 0 aliphatic carbocycles. The first-order chi connectivity index (χ1) is 8.72. The average molecular weight is 241 g/mol. The number of aromatic nitrogens is 1. The summed E-state index contributed by atoms with van der Waals surface area (Å²) in [5, 5.41) is 3.21. The molecule has 18 heavy (non-hydrogen) atoms. The third kappa shape index (κ3) is 2.36. The van der Waals surface area contributed by atoms with Crippen molar-refractivity contribution in [3.63, 3.8) is 0 Å². The second-order valence-electron chi connectivity index (χ2n) is 3.56. The predicted octanol–water partition coefficient (Wildman–Crippen LogP) is 0.219. The number of benzene rings is 1. The summed E-state index contributed by atoms with van der Waals surface area (Å²) in [6.45, 7) is 3.85. The molecule has 1 N–H and O–H groups in total. The molecule has 4 nitrogen and oxygen atoms in total. The molecule has 4 heteroatoms. The molecule has 0 bridgehead atoms. The lowest BCUT2D eigenvalue weighted by Crippen LogP contribution is -2.31. The fourth-order valence-corrected chi connectivity index (χ4v) is 1.49. The molecule has 1 heterocycles. The molecule has 0 fully saturated rings. The van der Waals surface area contributed by atoms with Crippen LogP contribution >= 0.6 is 0 Å². The van der Waals surface area contributed by atoms with E-state index in [-0.39, 0.29) is 6.61 Å². The lowest BCUT2D eigenvalue weighted by atomic mass is 10.1. The number of H-pyrrole nitrogens is 1. The largest absolute Gasteiger partial charge is 0.480 e. The Balaban J connectivity index is 2.54. The van der Waals surface area contributed by atoms with E-state index in [1.165, 1.54) is 0 Å². The first kappa shape index (κ1) is 11.8. The van der Waals surface area contributed by atoms with E-state index in [0.29, 0.717) is 16.3 Å². The summed E-state index contributed by atoms with van der Waals surface area (Å²) in [5.41, 5.74) is 0.274. The highest BCUT2D eigenvalue weighted by molar-refractivity contribution is 5.56. The van der Waals surface area contributed by atoms with Gasteiger partial charge in [-0.3, -0.25) is 0 Å². The van der Waals surface area contributed by atoms with Crippen molar-refractivity contribution in [1.29, 1.82) is 0 Å². The summed E-state index contributed by atoms with van der Waals surface area (Å²) >= 11 is 0. The van der Waals surface area contributed by atoms with Crippen molar-refractivity contribution in [3.8, 4) is 18.1 Å². The number of ether oxygens (including phenoxy) is 1. The van der Waals surface area contributed by atoms with E-state index in [9.17, 15) is 4.79 Å². The number of hydrogen-bond acceptors (Lipinski definition) is 3. The van der Waals surface area contributed by atoms with E-state index in [4.69, 9.17) is 11.2 Å². The monoisotopic (exact) mass is 241 g/mol. The van der Waals surface area contributed by atoms with Gasteiger partial charge in [-0.15, -0.1) is 6.42 Å². The van der Waals surface area contributed by atoms with E-state index < -0.39 is 5.63 Å². The van der Waals surface area contributed by atoms with Crippen molar-refractivity contribution in [2.75, 3.05) is 6.61 Å². The molecule has 0 amide bonds. The van der Waals surface area contributed by atoms with Crippen LogP contribution in [0.15, 0.2) is 33.6 Å². The molecule has 2 rings (SSSR count). The quantitative estimate of drug-likeness (QED) is 0.782. The Kier molecular flexibility index (Phi) is 3.35. The third-order valence-electron chi connectivity index (χ3n) is 2.34. The summed E-state index contributed by atoms with van der Waals surface area (Å²) in [7, 11) is 0. The van der Waals surface area contributed by atoms with Crippen LogP contribution in [0, 0.1) is 12.3 Å². The van der Waals surface area contributed by atoms with Gasteiger partial charge in [-0.25, -0.2) is 9.95 Å². The van der Waals surface area contributed by atoms with E-state index in [1.54, 1.807) is 12.1 Å². The van der Waals surface area contributed by atoms with Crippen LogP contribution in [0.1, 0.15) is 5.56 Å². The molecular formula is C14H11NO3. The maximum atomic E-state index is 11.4. The zero-order valence-electron chi connectivity index (χ0n) is 9.60. The molecule has 1 aromatic carbocycles. The second-order valence-corrected chi connectivity index (χ2v) is 3.56. The fourth-order valence-electron chi connectivity index (χ4n) is 1.49. The Morgan fingerprint density at radius 1 is 1.50 bits per heavy atom. The number of aromatic amines is 1. The molecule has 0 saturated carbocycles. The lowest BCUT2D eigenvalue weighted by molar-refractivity contribution is 0.369. The maximum Gasteiger partial charge on any atom is 0.365 e. The SMILES string of the molecule is C#CCOc1ccccc1/C=c1/c(=C)[nH]oc1=O. The molecule has 0 unspecified atom stereocenters. The van der Waals surface area contributed by atoms with Crippen LogP contribution < -0.4 is 20.9 Å². The first-order valence-electron chi connectivity index (χ1n) is 5.26. The number of nitrogens with one attached hydrogen (secondary N) is 1. The molecular weight excluding hydrogens is 230 g/mol. The molecule has 0 spiro atoms. The zero-order valence-corrected chi connectivity index (χ0v) is 9.60. The van der Waals surface area contributed by atoms with Crippen LogP contribution in [0.3, 0.4) is 0 Å². The van der Waals surface area contributed by atoms with Gasteiger partial charge in [0.15, 0.2) is 0 Å². The highest BCUT2D eigenvalue weighted by Crippen LogP contribution is 2.17. The molecule has 0 atom stereocenters. The number of terminal acetylenes is 1. The van der Waals surface area contributed by atoms with Gasteiger partial charge in [0.05, 0.1) is 10.6 Å². The molecule has 0 radical (unpaired) electrons. The highest BCUT2D eigenvalue weighted by atomic mass is 16.5. The average Bonchev–Trinajstić information content (AvgIpc) is 2.69. The van der Waals surface area contributed by atoms with Crippen LogP contribution in [0.4, 0.5) is 0 Å². The van der Waals surface area contributed by atoms with Gasteiger partial charge >= 0.3 is 5.63 Å². The first-order valence-corrected chi connectivity index (χ1v) is 5.26. The summed E-state index contributed by atoms with van der Waals surface area (Å²) in [6.07, 6.45) is 6.79. The van der Waals surface area contributed by atoms with Crippen molar-refractivity contribution >= 4 is 12.7 Å². The number of hydrogen-bond donors (Lipinski definition) is 1. The Bertz CT molecular complexity index is 716. The van der Waals surface area contributed by atoms with Crippen LogP contribution in [-0.4, -0.2) is 11.8 Å². The van der Waals surface area contributed by atoms with Crippen molar-refractivity contribution < 1.29 is 9.26 Å². The van der Waals surface area contributed by atoms with Crippen LogP contribution in [0.5, 0.6) is 5.75 Å². The second kappa shape index (κ2) is 5.11. The van der Waals surface area contributed by atoms with Crippen LogP contribution in [0.2, 0.25) is 0 Å². The molecule has 0 aliphatic rings. The lowest BCUT2D eigenvalue weighted by Gasteiger charge is -2.05. The summed E-state index contributed by atoms with van der Waals surface area (Å²) in [5.74, 6) is 3.00. The van der Waals surface area contributed by atoms with Gasteiger partial charge in [0.1, 0.15) is 12.4 Å². The minimum absolute atomic E-state index is 0.170. The Morgan fingerprint density at radius 3 is 2.94 bits per heavy atom. The van der Waals surface area contributed by atoms with Crippen molar-refractivity contribution in [2.45, 2.75) is 0 Å². The number of para-hydroxylation sites is 1. The van der Waals surface area contributed by atoms with E-state index in [2.05, 4.69) is 22.2 Å². The van der Waals surface area contributed by atoms with Crippen LogP contribution in [-0.2, 0) is 0 Å². The van der Waals surface area contributed by atoms with Crippen molar-refractivity contribution in [2.24, 2.45) is 0 Å². The molecule has 0 aliphatic heterocycles. The van der Waals surface area contributed by atoms with E-state index >= 15 is 0 Å². The topological polar surface area (TPSA) is 55.2 Å². The Labute approximate surface area is 103 Å². The van der Waals surface area contributed by atoms with Gasteiger partial charge in [-0.1, -0.05) is 30.7 Å². The Hall–Kier alpha value is -2.67. The smallest absolute Gasteiger partial charge is 0.365 e. The van der Waals surface area contributed by atoms with Gasteiger partial charge < -0.3 is 9.26 Å². The summed E-state index contributed by atoms with van der Waals surface area (Å²) < 4.78 is 10.0. The summed E-state index contributed by atoms with van der Waals surface area (Å²) in [6, 6.07) is 7.26. The zero-order chi connectivity index (χ0) is 13.0. The van der Waals surface area contributed by atoms with Gasteiger partial charge in [-0.05, 0) is 12.1 Å². The third-order valence-corrected chi connectivity index (χ3v) is 2.34. The number of rotatable bonds is 3. The maximum absolute atomic E-state index is 11.4. The Morgan fingerprint density at radius 2 is 2.28 bits per heavy atom. The standard InChI is InChI=1S/C14H11NO3/c1-3-8-17-13-7-5-4-6-11(13)9-12-10(2)15-18-14(12)16/h1,4-7,9,15H,2,8H2/b12-9-. The normalized spacial score (nSPS) is 11.2. The van der Waals surface area contributed by atoms with Crippen LogP contribution in [0.25, 0.3) is 12.7 Å². The fraction of sp³-hybridized carbons (Fsp3) is 0.0714. The van der Waals surface area contributed by atoms with Crippen molar-refractivity contribution in [3.05, 3.63) is 50.8 Å². The molecule has 90 valence electrons. The van der Waals surface area contributed by atoms with Gasteiger partial charge in [0, 0.05) is 5.56 Å². The van der Waals surface area contributed by atoms with E-state index in [1.807, 2.05) is 18.2 Å². The van der Waals surface area contributed by atoms with Gasteiger partial charge in [-0.2, -0.15) is 0 Å². The molecule has 1 aromatic heterocycles. The van der Waals surface area contributed by atoms with Gasteiger partial charge in [0.2, 0.25) is 0 Å². The van der Waals surface area contributed by atoms with Gasteiger partial charge in [0.25, 0.3) is 0 Å². The highest BCUT2D eigenvalue weighted by Gasteiger charge is 2.01. The minimum Gasteiger partial charge on any atom is -0.480 e. The summed E-state index contributed by atoms with van der Waals surface area (Å²) in [4.78, 5) is 11.4. The molecule has 0 saturated heterocycles.